The summed E-state index contributed by atoms with van der Waals surface area (Å²) in [4.78, 5) is 14.9. The SMILES string of the molecule is CN1[C@@H]2CC[C@H]1C1=C(C2)O[C@H](c2ccccc2)CC1=O. The van der Waals surface area contributed by atoms with Crippen molar-refractivity contribution in [2.75, 3.05) is 7.05 Å². The molecule has 3 aliphatic rings. The Bertz CT molecular complexity index is 578. The Hall–Kier alpha value is -1.61. The van der Waals surface area contributed by atoms with E-state index in [4.69, 9.17) is 4.74 Å². The van der Waals surface area contributed by atoms with Crippen molar-refractivity contribution in [2.24, 2.45) is 0 Å². The maximum absolute atomic E-state index is 12.6. The normalized spacial score (nSPS) is 33.0. The number of ketones is 1. The molecule has 20 heavy (non-hydrogen) atoms. The maximum Gasteiger partial charge on any atom is 0.167 e. The molecule has 3 aliphatic heterocycles. The van der Waals surface area contributed by atoms with E-state index in [0.29, 0.717) is 18.5 Å². The smallest absolute Gasteiger partial charge is 0.167 e. The number of hydrogen-bond acceptors (Lipinski definition) is 3. The molecule has 1 saturated heterocycles. The molecule has 3 atom stereocenters. The number of benzene rings is 1. The highest BCUT2D eigenvalue weighted by molar-refractivity contribution is 5.98. The van der Waals surface area contributed by atoms with Crippen LogP contribution in [0.25, 0.3) is 0 Å². The van der Waals surface area contributed by atoms with Crippen LogP contribution in [0.15, 0.2) is 41.7 Å². The number of nitrogens with zero attached hydrogens (tertiary/aromatic N) is 1. The molecular weight excluding hydrogens is 250 g/mol. The summed E-state index contributed by atoms with van der Waals surface area (Å²) >= 11 is 0. The minimum absolute atomic E-state index is 0.0924. The van der Waals surface area contributed by atoms with Crippen molar-refractivity contribution in [1.82, 2.24) is 4.90 Å². The standard InChI is InChI=1S/C17H19NO2/c1-18-12-7-8-13(18)17-14(19)10-15(20-16(17)9-12)11-5-3-2-4-6-11/h2-6,12-13,15H,7-10H2,1H3/t12-,13+,15+/m1/s1. The van der Waals surface area contributed by atoms with Crippen LogP contribution >= 0.6 is 0 Å². The molecule has 0 saturated carbocycles. The Kier molecular flexibility index (Phi) is 2.71. The monoisotopic (exact) mass is 269 g/mol. The molecule has 3 heterocycles. The van der Waals surface area contributed by atoms with E-state index >= 15 is 0 Å². The molecule has 1 fully saturated rings. The minimum Gasteiger partial charge on any atom is -0.489 e. The van der Waals surface area contributed by atoms with Crippen LogP contribution in [0.4, 0.5) is 0 Å². The average molecular weight is 269 g/mol. The fraction of sp³-hybridized carbons (Fsp3) is 0.471. The third-order valence-corrected chi connectivity index (χ3v) is 5.02. The molecule has 3 nitrogen and oxygen atoms in total. The first kappa shape index (κ1) is 12.2. The van der Waals surface area contributed by atoms with Gasteiger partial charge in [0.15, 0.2) is 5.78 Å². The van der Waals surface area contributed by atoms with E-state index in [1.807, 2.05) is 30.3 Å². The molecule has 0 amide bonds. The van der Waals surface area contributed by atoms with Crippen molar-refractivity contribution < 1.29 is 9.53 Å². The summed E-state index contributed by atoms with van der Waals surface area (Å²) in [7, 11) is 2.14. The van der Waals surface area contributed by atoms with Gasteiger partial charge in [0, 0.05) is 18.5 Å². The van der Waals surface area contributed by atoms with Crippen LogP contribution in [0, 0.1) is 0 Å². The van der Waals surface area contributed by atoms with Crippen LogP contribution in [0.5, 0.6) is 0 Å². The summed E-state index contributed by atoms with van der Waals surface area (Å²) in [5.41, 5.74) is 2.08. The lowest BCUT2D eigenvalue weighted by atomic mass is 9.89. The first-order valence-corrected chi connectivity index (χ1v) is 7.44. The topological polar surface area (TPSA) is 29.5 Å². The van der Waals surface area contributed by atoms with Crippen molar-refractivity contribution >= 4 is 5.78 Å². The van der Waals surface area contributed by atoms with E-state index < -0.39 is 0 Å². The highest BCUT2D eigenvalue weighted by Crippen LogP contribution is 2.44. The molecule has 0 radical (unpaired) electrons. The van der Waals surface area contributed by atoms with Crippen LogP contribution in [-0.4, -0.2) is 29.8 Å². The number of hydrogen-bond donors (Lipinski definition) is 0. The lowest BCUT2D eigenvalue weighted by Gasteiger charge is -2.38. The quantitative estimate of drug-likeness (QED) is 0.785. The summed E-state index contributed by atoms with van der Waals surface area (Å²) < 4.78 is 6.21. The number of rotatable bonds is 1. The van der Waals surface area contributed by atoms with Gasteiger partial charge < -0.3 is 4.74 Å². The molecule has 104 valence electrons. The fourth-order valence-corrected chi connectivity index (χ4v) is 3.91. The zero-order valence-electron chi connectivity index (χ0n) is 11.7. The number of fused-ring (bicyclic) bond motifs is 3. The van der Waals surface area contributed by atoms with E-state index in [0.717, 1.165) is 29.7 Å². The molecule has 0 aromatic heterocycles. The Morgan fingerprint density at radius 3 is 2.75 bits per heavy atom. The summed E-state index contributed by atoms with van der Waals surface area (Å²) in [5, 5.41) is 0. The van der Waals surface area contributed by atoms with Crippen molar-refractivity contribution in [3.05, 3.63) is 47.2 Å². The largest absolute Gasteiger partial charge is 0.489 e. The van der Waals surface area contributed by atoms with Gasteiger partial charge in [-0.15, -0.1) is 0 Å². The van der Waals surface area contributed by atoms with Crippen LogP contribution < -0.4 is 0 Å². The Balaban J connectivity index is 1.68. The lowest BCUT2D eigenvalue weighted by Crippen LogP contribution is -2.42. The van der Waals surface area contributed by atoms with Gasteiger partial charge in [-0.25, -0.2) is 0 Å². The molecule has 1 aromatic rings. The van der Waals surface area contributed by atoms with Gasteiger partial charge in [-0.3, -0.25) is 9.69 Å². The second kappa shape index (κ2) is 4.45. The van der Waals surface area contributed by atoms with E-state index in [-0.39, 0.29) is 11.9 Å². The highest BCUT2D eigenvalue weighted by Gasteiger charge is 2.45. The maximum atomic E-state index is 12.6. The molecule has 3 heteroatoms. The van der Waals surface area contributed by atoms with Crippen LogP contribution in [0.2, 0.25) is 0 Å². The van der Waals surface area contributed by atoms with Crippen molar-refractivity contribution in [3.63, 3.8) is 0 Å². The molecule has 0 aliphatic carbocycles. The highest BCUT2D eigenvalue weighted by atomic mass is 16.5. The summed E-state index contributed by atoms with van der Waals surface area (Å²) in [6.07, 6.45) is 3.58. The molecule has 2 bridgehead atoms. The molecule has 0 N–H and O–H groups in total. The van der Waals surface area contributed by atoms with Crippen LogP contribution in [-0.2, 0) is 9.53 Å². The van der Waals surface area contributed by atoms with E-state index in [9.17, 15) is 4.79 Å². The minimum atomic E-state index is -0.0924. The molecule has 1 aromatic carbocycles. The van der Waals surface area contributed by atoms with Gasteiger partial charge in [-0.2, -0.15) is 0 Å². The summed E-state index contributed by atoms with van der Waals surface area (Å²) in [6.45, 7) is 0. The number of carbonyl (C=O) groups excluding carboxylic acids is 1. The van der Waals surface area contributed by atoms with E-state index in [2.05, 4.69) is 11.9 Å². The third kappa shape index (κ3) is 1.73. The average Bonchev–Trinajstić information content (AvgIpc) is 2.72. The second-order valence-corrected chi connectivity index (χ2v) is 6.10. The lowest BCUT2D eigenvalue weighted by molar-refractivity contribution is -0.121. The van der Waals surface area contributed by atoms with Gasteiger partial charge in [0.05, 0.1) is 12.0 Å². The van der Waals surface area contributed by atoms with Crippen LogP contribution in [0.1, 0.15) is 37.4 Å². The Labute approximate surface area is 119 Å². The number of carbonyl (C=O) groups is 1. The first-order valence-electron chi connectivity index (χ1n) is 7.44. The van der Waals surface area contributed by atoms with Gasteiger partial charge in [0.2, 0.25) is 0 Å². The van der Waals surface area contributed by atoms with Gasteiger partial charge >= 0.3 is 0 Å². The zero-order valence-corrected chi connectivity index (χ0v) is 11.7. The van der Waals surface area contributed by atoms with Crippen molar-refractivity contribution in [2.45, 2.75) is 43.9 Å². The predicted octanol–water partition coefficient (Wildman–Crippen LogP) is 2.84. The van der Waals surface area contributed by atoms with Gasteiger partial charge in [-0.05, 0) is 25.5 Å². The number of Topliss-reactive ketones (excluding diaryl/α,β-unsaturated/α-hetero) is 1. The molecule has 0 unspecified atom stereocenters. The molecule has 4 rings (SSSR count). The Morgan fingerprint density at radius 1 is 1.15 bits per heavy atom. The van der Waals surface area contributed by atoms with Gasteiger partial charge in [0.25, 0.3) is 0 Å². The summed E-state index contributed by atoms with van der Waals surface area (Å²) in [5.74, 6) is 1.26. The Morgan fingerprint density at radius 2 is 1.95 bits per heavy atom. The second-order valence-electron chi connectivity index (χ2n) is 6.10. The first-order chi connectivity index (χ1) is 9.74. The van der Waals surface area contributed by atoms with Gasteiger partial charge in [0.1, 0.15) is 11.9 Å². The summed E-state index contributed by atoms with van der Waals surface area (Å²) in [6, 6.07) is 11.0. The molecular formula is C17H19NO2. The fourth-order valence-electron chi connectivity index (χ4n) is 3.91. The third-order valence-electron chi connectivity index (χ3n) is 5.02. The van der Waals surface area contributed by atoms with E-state index in [1.165, 1.54) is 6.42 Å². The van der Waals surface area contributed by atoms with Crippen molar-refractivity contribution in [1.29, 1.82) is 0 Å². The number of likely N-dealkylation sites (N-methyl/N-ethyl adjacent to an activating group) is 1. The van der Waals surface area contributed by atoms with Crippen molar-refractivity contribution in [3.8, 4) is 0 Å². The predicted molar refractivity (Wildman–Crippen MR) is 76.1 cm³/mol. The van der Waals surface area contributed by atoms with E-state index in [1.54, 1.807) is 0 Å². The van der Waals surface area contributed by atoms with Gasteiger partial charge in [-0.1, -0.05) is 30.3 Å². The van der Waals surface area contributed by atoms with Crippen LogP contribution in [0.3, 0.4) is 0 Å². The number of ether oxygens (including phenoxy) is 1. The zero-order chi connectivity index (χ0) is 13.7. The molecule has 0 spiro atoms.